The number of rotatable bonds is 4. The van der Waals surface area contributed by atoms with Gasteiger partial charge >= 0.3 is 0 Å². The lowest BCUT2D eigenvalue weighted by Gasteiger charge is -2.23. The molecule has 4 heteroatoms. The van der Waals surface area contributed by atoms with Crippen LogP contribution in [0.5, 0.6) is 11.5 Å². The largest absolute Gasteiger partial charge is 0.485 e. The van der Waals surface area contributed by atoms with Crippen molar-refractivity contribution in [3.05, 3.63) is 89.0 Å². The van der Waals surface area contributed by atoms with Crippen molar-refractivity contribution in [2.24, 2.45) is 0 Å². The van der Waals surface area contributed by atoms with Gasteiger partial charge in [0.15, 0.2) is 11.5 Å². The van der Waals surface area contributed by atoms with E-state index in [2.05, 4.69) is 32.9 Å². The standard InChI is InChI=1S/C27H27NO3/c1-18-15-21-7-4-5-9-23(21)28(18)26(29)20-13-11-19(12-14-20)17-30-24-10-6-8-22-16-27(2,3)31-25(22)24/h4-14,18H,15-17H2,1-3H3. The first-order chi connectivity index (χ1) is 14.9. The number of ether oxygens (including phenoxy) is 2. The van der Waals surface area contributed by atoms with E-state index in [-0.39, 0.29) is 17.6 Å². The van der Waals surface area contributed by atoms with Gasteiger partial charge in [-0.3, -0.25) is 4.79 Å². The molecule has 2 aliphatic heterocycles. The van der Waals surface area contributed by atoms with Crippen LogP contribution < -0.4 is 14.4 Å². The number of hydrogen-bond acceptors (Lipinski definition) is 3. The van der Waals surface area contributed by atoms with E-state index >= 15 is 0 Å². The zero-order chi connectivity index (χ0) is 21.6. The Labute approximate surface area is 183 Å². The molecule has 0 spiro atoms. The molecule has 0 fully saturated rings. The molecule has 1 unspecified atom stereocenters. The van der Waals surface area contributed by atoms with E-state index < -0.39 is 0 Å². The highest BCUT2D eigenvalue weighted by atomic mass is 16.5. The highest BCUT2D eigenvalue weighted by Gasteiger charge is 2.33. The minimum absolute atomic E-state index is 0.0430. The van der Waals surface area contributed by atoms with E-state index in [0.29, 0.717) is 12.2 Å². The maximum absolute atomic E-state index is 13.2. The van der Waals surface area contributed by atoms with Gasteiger partial charge in [0.05, 0.1) is 0 Å². The molecule has 0 aromatic heterocycles. The molecule has 4 nitrogen and oxygen atoms in total. The smallest absolute Gasteiger partial charge is 0.258 e. The van der Waals surface area contributed by atoms with Crippen LogP contribution in [0.1, 0.15) is 47.8 Å². The number of para-hydroxylation sites is 2. The number of amides is 1. The second kappa shape index (κ2) is 7.45. The lowest BCUT2D eigenvalue weighted by molar-refractivity contribution is 0.0981. The normalized spacial score (nSPS) is 18.3. The second-order valence-electron chi connectivity index (χ2n) is 9.13. The molecule has 0 radical (unpaired) electrons. The Morgan fingerprint density at radius 2 is 1.77 bits per heavy atom. The van der Waals surface area contributed by atoms with Crippen molar-refractivity contribution >= 4 is 11.6 Å². The van der Waals surface area contributed by atoms with Crippen molar-refractivity contribution in [3.8, 4) is 11.5 Å². The van der Waals surface area contributed by atoms with Gasteiger partial charge in [0.25, 0.3) is 5.91 Å². The van der Waals surface area contributed by atoms with Crippen LogP contribution in [0, 0.1) is 0 Å². The third-order valence-electron chi connectivity index (χ3n) is 6.08. The van der Waals surface area contributed by atoms with Crippen molar-refractivity contribution in [3.63, 3.8) is 0 Å². The summed E-state index contributed by atoms with van der Waals surface area (Å²) in [5.74, 6) is 1.66. The van der Waals surface area contributed by atoms with Gasteiger partial charge in [0.1, 0.15) is 12.2 Å². The van der Waals surface area contributed by atoms with Gasteiger partial charge < -0.3 is 14.4 Å². The summed E-state index contributed by atoms with van der Waals surface area (Å²) in [5.41, 5.74) is 4.94. The Kier molecular flexibility index (Phi) is 4.73. The summed E-state index contributed by atoms with van der Waals surface area (Å²) in [7, 11) is 0. The number of nitrogens with zero attached hydrogens (tertiary/aromatic N) is 1. The van der Waals surface area contributed by atoms with E-state index in [1.54, 1.807) is 0 Å². The Hall–Kier alpha value is -3.27. The van der Waals surface area contributed by atoms with Crippen molar-refractivity contribution in [2.45, 2.75) is 51.9 Å². The summed E-state index contributed by atoms with van der Waals surface area (Å²) in [6.07, 6.45) is 1.78. The van der Waals surface area contributed by atoms with Crippen LogP contribution in [0.15, 0.2) is 66.7 Å². The van der Waals surface area contributed by atoms with Gasteiger partial charge in [-0.2, -0.15) is 0 Å². The van der Waals surface area contributed by atoms with Crippen LogP contribution in [-0.2, 0) is 19.4 Å². The van der Waals surface area contributed by atoms with Gasteiger partial charge in [-0.25, -0.2) is 0 Å². The molecular formula is C27H27NO3. The summed E-state index contributed by atoms with van der Waals surface area (Å²) >= 11 is 0. The van der Waals surface area contributed by atoms with Crippen LogP contribution in [0.4, 0.5) is 5.69 Å². The fraction of sp³-hybridized carbons (Fsp3) is 0.296. The molecular weight excluding hydrogens is 386 g/mol. The molecule has 0 N–H and O–H groups in total. The lowest BCUT2D eigenvalue weighted by Crippen LogP contribution is -2.35. The molecule has 1 amide bonds. The molecule has 2 aliphatic rings. The van der Waals surface area contributed by atoms with Gasteiger partial charge in [-0.1, -0.05) is 42.5 Å². The molecule has 158 valence electrons. The van der Waals surface area contributed by atoms with Crippen LogP contribution in [0.25, 0.3) is 0 Å². The summed E-state index contributed by atoms with van der Waals surface area (Å²) in [4.78, 5) is 15.1. The molecule has 3 aromatic carbocycles. The summed E-state index contributed by atoms with van der Waals surface area (Å²) in [6.45, 7) is 6.71. The highest BCUT2D eigenvalue weighted by Crippen LogP contribution is 2.42. The number of fused-ring (bicyclic) bond motifs is 2. The third kappa shape index (κ3) is 3.67. The molecule has 0 saturated carbocycles. The van der Waals surface area contributed by atoms with Crippen molar-refractivity contribution in [1.82, 2.24) is 0 Å². The molecule has 0 bridgehead atoms. The van der Waals surface area contributed by atoms with E-state index in [1.165, 1.54) is 11.1 Å². The van der Waals surface area contributed by atoms with E-state index in [9.17, 15) is 4.79 Å². The zero-order valence-electron chi connectivity index (χ0n) is 18.2. The number of hydrogen-bond donors (Lipinski definition) is 0. The summed E-state index contributed by atoms with van der Waals surface area (Å²) < 4.78 is 12.2. The number of anilines is 1. The maximum atomic E-state index is 13.2. The Morgan fingerprint density at radius 1 is 1.03 bits per heavy atom. The summed E-state index contributed by atoms with van der Waals surface area (Å²) in [5, 5.41) is 0. The minimum atomic E-state index is -0.199. The van der Waals surface area contributed by atoms with Crippen molar-refractivity contribution in [1.29, 1.82) is 0 Å². The molecule has 31 heavy (non-hydrogen) atoms. The SMILES string of the molecule is CC1Cc2ccccc2N1C(=O)c1ccc(COc2cccc3c2OC(C)(C)C3)cc1. The predicted octanol–water partition coefficient (Wildman–Crippen LogP) is 5.57. The van der Waals surface area contributed by atoms with Crippen molar-refractivity contribution < 1.29 is 14.3 Å². The van der Waals surface area contributed by atoms with E-state index in [1.807, 2.05) is 59.5 Å². The topological polar surface area (TPSA) is 38.8 Å². The quantitative estimate of drug-likeness (QED) is 0.561. The van der Waals surface area contributed by atoms with Crippen molar-refractivity contribution in [2.75, 3.05) is 4.90 Å². The fourth-order valence-corrected chi connectivity index (χ4v) is 4.62. The Balaban J connectivity index is 1.29. The molecule has 3 aromatic rings. The van der Waals surface area contributed by atoms with Crippen LogP contribution in [-0.4, -0.2) is 17.6 Å². The molecule has 0 saturated heterocycles. The lowest BCUT2D eigenvalue weighted by atomic mass is 10.0. The number of carbonyl (C=O) groups is 1. The average Bonchev–Trinajstić information content (AvgIpc) is 3.26. The minimum Gasteiger partial charge on any atom is -0.485 e. The van der Waals surface area contributed by atoms with E-state index in [4.69, 9.17) is 9.47 Å². The number of benzene rings is 3. The predicted molar refractivity (Wildman–Crippen MR) is 122 cm³/mol. The molecule has 1 atom stereocenters. The summed E-state index contributed by atoms with van der Waals surface area (Å²) in [6, 6.07) is 22.1. The maximum Gasteiger partial charge on any atom is 0.258 e. The second-order valence-corrected chi connectivity index (χ2v) is 9.13. The van der Waals surface area contributed by atoms with Crippen LogP contribution in [0.2, 0.25) is 0 Å². The Bertz CT molecular complexity index is 1130. The molecule has 2 heterocycles. The van der Waals surface area contributed by atoms with Gasteiger partial charge in [-0.15, -0.1) is 0 Å². The first-order valence-electron chi connectivity index (χ1n) is 10.9. The zero-order valence-corrected chi connectivity index (χ0v) is 18.2. The van der Waals surface area contributed by atoms with Gasteiger partial charge in [0.2, 0.25) is 0 Å². The molecule has 5 rings (SSSR count). The van der Waals surface area contributed by atoms with Gasteiger partial charge in [0, 0.05) is 29.3 Å². The molecule has 0 aliphatic carbocycles. The van der Waals surface area contributed by atoms with E-state index in [0.717, 1.165) is 35.6 Å². The number of carbonyl (C=O) groups excluding carboxylic acids is 1. The first kappa shape index (κ1) is 19.7. The monoisotopic (exact) mass is 413 g/mol. The highest BCUT2D eigenvalue weighted by molar-refractivity contribution is 6.07. The van der Waals surface area contributed by atoms with Crippen LogP contribution in [0.3, 0.4) is 0 Å². The Morgan fingerprint density at radius 3 is 2.58 bits per heavy atom. The van der Waals surface area contributed by atoms with Gasteiger partial charge in [-0.05, 0) is 62.6 Å². The first-order valence-corrected chi connectivity index (χ1v) is 10.9. The average molecular weight is 414 g/mol. The van der Waals surface area contributed by atoms with Crippen LogP contribution >= 0.6 is 0 Å². The third-order valence-corrected chi connectivity index (χ3v) is 6.08. The fourth-order valence-electron chi connectivity index (χ4n) is 4.62.